The highest BCUT2D eigenvalue weighted by atomic mass is 16.5. The summed E-state index contributed by atoms with van der Waals surface area (Å²) in [6.07, 6.45) is 5.58. The molecule has 1 aromatic heterocycles. The molecule has 28 heavy (non-hydrogen) atoms. The fraction of sp³-hybridized carbons (Fsp3) is 0.375. The molecule has 1 atom stereocenters. The Morgan fingerprint density at radius 3 is 2.50 bits per heavy atom. The van der Waals surface area contributed by atoms with Crippen LogP contribution in [0.3, 0.4) is 0 Å². The number of fused-ring (bicyclic) bond motifs is 2. The smallest absolute Gasteiger partial charge is 0.143 e. The van der Waals surface area contributed by atoms with Gasteiger partial charge >= 0.3 is 0 Å². The SMILES string of the molecule is CN1CCC(OC2c3ccccc3CCn3cc(-c4ccccc4)nc32)CC1. The van der Waals surface area contributed by atoms with Crippen molar-refractivity contribution in [2.24, 2.45) is 0 Å². The van der Waals surface area contributed by atoms with Gasteiger partial charge in [0.15, 0.2) is 0 Å². The van der Waals surface area contributed by atoms with Gasteiger partial charge in [0, 0.05) is 31.4 Å². The first-order chi connectivity index (χ1) is 13.8. The summed E-state index contributed by atoms with van der Waals surface area (Å²) in [6, 6.07) is 19.2. The van der Waals surface area contributed by atoms with Crippen LogP contribution in [0.25, 0.3) is 11.3 Å². The van der Waals surface area contributed by atoms with E-state index in [9.17, 15) is 0 Å². The van der Waals surface area contributed by atoms with Crippen LogP contribution >= 0.6 is 0 Å². The van der Waals surface area contributed by atoms with E-state index in [1.807, 2.05) is 6.07 Å². The van der Waals surface area contributed by atoms with Crippen LogP contribution in [0, 0.1) is 0 Å². The Kier molecular flexibility index (Phi) is 4.75. The van der Waals surface area contributed by atoms with E-state index < -0.39 is 0 Å². The molecule has 2 aliphatic rings. The van der Waals surface area contributed by atoms with Gasteiger partial charge in [-0.05, 0) is 37.4 Å². The van der Waals surface area contributed by atoms with Crippen molar-refractivity contribution >= 4 is 0 Å². The summed E-state index contributed by atoms with van der Waals surface area (Å²) >= 11 is 0. The lowest BCUT2D eigenvalue weighted by Gasteiger charge is -2.32. The van der Waals surface area contributed by atoms with Crippen LogP contribution in [-0.2, 0) is 17.7 Å². The van der Waals surface area contributed by atoms with Gasteiger partial charge in [-0.2, -0.15) is 0 Å². The summed E-state index contributed by atoms with van der Waals surface area (Å²) in [4.78, 5) is 7.45. The van der Waals surface area contributed by atoms with Crippen molar-refractivity contribution in [1.82, 2.24) is 14.5 Å². The zero-order valence-corrected chi connectivity index (χ0v) is 16.4. The fourth-order valence-corrected chi connectivity index (χ4v) is 4.41. The predicted octanol–water partition coefficient (Wildman–Crippen LogP) is 4.31. The molecule has 4 heteroatoms. The van der Waals surface area contributed by atoms with Gasteiger partial charge in [0.25, 0.3) is 0 Å². The first-order valence-corrected chi connectivity index (χ1v) is 10.3. The molecule has 3 heterocycles. The molecule has 1 unspecified atom stereocenters. The van der Waals surface area contributed by atoms with Crippen molar-refractivity contribution in [2.75, 3.05) is 20.1 Å². The van der Waals surface area contributed by atoms with Gasteiger partial charge in [-0.1, -0.05) is 54.6 Å². The third-order valence-corrected chi connectivity index (χ3v) is 6.07. The molecule has 0 saturated carbocycles. The number of rotatable bonds is 3. The molecule has 144 valence electrons. The Morgan fingerprint density at radius 2 is 1.68 bits per heavy atom. The van der Waals surface area contributed by atoms with Crippen LogP contribution in [0.15, 0.2) is 60.8 Å². The summed E-state index contributed by atoms with van der Waals surface area (Å²) < 4.78 is 9.06. The van der Waals surface area contributed by atoms with Crippen molar-refractivity contribution in [3.8, 4) is 11.3 Å². The molecule has 0 spiro atoms. The lowest BCUT2D eigenvalue weighted by atomic mass is 10.00. The van der Waals surface area contributed by atoms with E-state index in [-0.39, 0.29) is 12.2 Å². The summed E-state index contributed by atoms with van der Waals surface area (Å²) in [5.74, 6) is 1.04. The Labute approximate surface area is 166 Å². The van der Waals surface area contributed by atoms with Crippen LogP contribution in [-0.4, -0.2) is 40.7 Å². The number of hydrogen-bond acceptors (Lipinski definition) is 3. The molecule has 2 aromatic carbocycles. The minimum absolute atomic E-state index is 0.0930. The Hall–Kier alpha value is -2.43. The summed E-state index contributed by atoms with van der Waals surface area (Å²) in [5.41, 5.74) is 4.86. The quantitative estimate of drug-likeness (QED) is 0.685. The van der Waals surface area contributed by atoms with Crippen molar-refractivity contribution in [1.29, 1.82) is 0 Å². The zero-order valence-electron chi connectivity index (χ0n) is 16.4. The number of aromatic nitrogens is 2. The molecule has 0 radical (unpaired) electrons. The van der Waals surface area contributed by atoms with Crippen LogP contribution in [0.4, 0.5) is 0 Å². The summed E-state index contributed by atoms with van der Waals surface area (Å²) in [5, 5.41) is 0. The molecular formula is C24H27N3O. The van der Waals surface area contributed by atoms with E-state index in [1.165, 1.54) is 11.1 Å². The molecule has 0 aliphatic carbocycles. The average Bonchev–Trinajstić information content (AvgIpc) is 3.11. The van der Waals surface area contributed by atoms with Crippen molar-refractivity contribution in [3.05, 3.63) is 77.7 Å². The van der Waals surface area contributed by atoms with Gasteiger partial charge in [-0.15, -0.1) is 0 Å². The number of benzene rings is 2. The molecule has 0 N–H and O–H groups in total. The number of hydrogen-bond donors (Lipinski definition) is 0. The van der Waals surface area contributed by atoms with Crippen LogP contribution in [0.5, 0.6) is 0 Å². The van der Waals surface area contributed by atoms with E-state index >= 15 is 0 Å². The number of imidazole rings is 1. The highest BCUT2D eigenvalue weighted by Gasteiger charge is 2.30. The Bertz CT molecular complexity index is 941. The van der Waals surface area contributed by atoms with Crippen molar-refractivity contribution in [2.45, 2.75) is 38.0 Å². The maximum Gasteiger partial charge on any atom is 0.143 e. The zero-order chi connectivity index (χ0) is 18.9. The van der Waals surface area contributed by atoms with Gasteiger partial charge in [-0.25, -0.2) is 4.98 Å². The van der Waals surface area contributed by atoms with Crippen LogP contribution < -0.4 is 0 Å². The maximum absolute atomic E-state index is 6.75. The molecule has 1 saturated heterocycles. The molecule has 1 fully saturated rings. The summed E-state index contributed by atoms with van der Waals surface area (Å²) in [7, 11) is 2.19. The largest absolute Gasteiger partial charge is 0.362 e. The van der Waals surface area contributed by atoms with Gasteiger partial charge in [-0.3, -0.25) is 0 Å². The van der Waals surface area contributed by atoms with Crippen molar-refractivity contribution in [3.63, 3.8) is 0 Å². The molecular weight excluding hydrogens is 346 g/mol. The number of nitrogens with zero attached hydrogens (tertiary/aromatic N) is 3. The second-order valence-corrected chi connectivity index (χ2v) is 8.01. The van der Waals surface area contributed by atoms with E-state index in [2.05, 4.69) is 71.2 Å². The minimum Gasteiger partial charge on any atom is -0.362 e. The lowest BCUT2D eigenvalue weighted by Crippen LogP contribution is -2.35. The predicted molar refractivity (Wildman–Crippen MR) is 111 cm³/mol. The van der Waals surface area contributed by atoms with E-state index in [0.29, 0.717) is 0 Å². The minimum atomic E-state index is -0.0930. The molecule has 2 aliphatic heterocycles. The second kappa shape index (κ2) is 7.53. The standard InChI is InChI=1S/C24H27N3O/c1-26-14-12-20(13-15-26)28-23-21-10-6-5-7-18(21)11-16-27-17-22(25-24(23)27)19-8-3-2-4-9-19/h2-10,17,20,23H,11-16H2,1H3. The molecule has 4 nitrogen and oxygen atoms in total. The normalized spacial score (nSPS) is 20.4. The van der Waals surface area contributed by atoms with E-state index in [0.717, 1.165) is 56.0 Å². The Morgan fingerprint density at radius 1 is 0.929 bits per heavy atom. The Balaban J connectivity index is 1.53. The highest BCUT2D eigenvalue weighted by molar-refractivity contribution is 5.58. The topological polar surface area (TPSA) is 30.3 Å². The fourth-order valence-electron chi connectivity index (χ4n) is 4.41. The summed E-state index contributed by atoms with van der Waals surface area (Å²) in [6.45, 7) is 3.14. The van der Waals surface area contributed by atoms with Gasteiger partial charge < -0.3 is 14.2 Å². The number of aryl methyl sites for hydroxylation is 2. The van der Waals surface area contributed by atoms with Crippen LogP contribution in [0.2, 0.25) is 0 Å². The molecule has 5 rings (SSSR count). The third-order valence-electron chi connectivity index (χ3n) is 6.07. The maximum atomic E-state index is 6.75. The van der Waals surface area contributed by atoms with Crippen LogP contribution in [0.1, 0.15) is 35.9 Å². The van der Waals surface area contributed by atoms with Gasteiger partial charge in [0.05, 0.1) is 11.8 Å². The molecule has 3 aromatic rings. The number of piperidine rings is 1. The third kappa shape index (κ3) is 3.38. The lowest BCUT2D eigenvalue weighted by molar-refractivity contribution is -0.0275. The number of ether oxygens (including phenoxy) is 1. The van der Waals surface area contributed by atoms with Crippen molar-refractivity contribution < 1.29 is 4.74 Å². The monoisotopic (exact) mass is 373 g/mol. The van der Waals surface area contributed by atoms with Gasteiger partial charge in [0.2, 0.25) is 0 Å². The number of likely N-dealkylation sites (tertiary alicyclic amines) is 1. The first-order valence-electron chi connectivity index (χ1n) is 10.3. The van der Waals surface area contributed by atoms with E-state index in [4.69, 9.17) is 9.72 Å². The molecule has 0 amide bonds. The average molecular weight is 374 g/mol. The molecule has 0 bridgehead atoms. The first kappa shape index (κ1) is 17.7. The second-order valence-electron chi connectivity index (χ2n) is 8.01. The van der Waals surface area contributed by atoms with Gasteiger partial charge in [0.1, 0.15) is 11.9 Å². The van der Waals surface area contributed by atoms with E-state index in [1.54, 1.807) is 0 Å². The highest BCUT2D eigenvalue weighted by Crippen LogP contribution is 2.35.